The van der Waals surface area contributed by atoms with Gasteiger partial charge in [-0.05, 0) is 49.2 Å². The lowest BCUT2D eigenvalue weighted by Crippen LogP contribution is -2.57. The van der Waals surface area contributed by atoms with Crippen LogP contribution < -0.4 is 20.1 Å². The molecule has 0 atom stereocenters. The normalized spacial score (nSPS) is 17.5. The summed E-state index contributed by atoms with van der Waals surface area (Å²) in [7, 11) is 1.41. The van der Waals surface area contributed by atoms with Gasteiger partial charge in [-0.2, -0.15) is 0 Å². The summed E-state index contributed by atoms with van der Waals surface area (Å²) in [5, 5.41) is 4.82. The van der Waals surface area contributed by atoms with Crippen LogP contribution >= 0.6 is 0 Å². The van der Waals surface area contributed by atoms with Crippen LogP contribution in [0.3, 0.4) is 0 Å². The Kier molecular flexibility index (Phi) is 7.09. The van der Waals surface area contributed by atoms with Gasteiger partial charge >= 0.3 is 6.03 Å². The van der Waals surface area contributed by atoms with E-state index in [1.807, 2.05) is 0 Å². The molecule has 0 bridgehead atoms. The zero-order chi connectivity index (χ0) is 24.9. The molecule has 2 fully saturated rings. The van der Waals surface area contributed by atoms with E-state index in [9.17, 15) is 23.6 Å². The lowest BCUT2D eigenvalue weighted by atomic mass is 10.0. The van der Waals surface area contributed by atoms with Gasteiger partial charge < -0.3 is 14.8 Å². The number of nitrogens with one attached hydrogen (secondary N) is 2. The SMILES string of the molecule is COc1cccc(/C=C2\C(=O)NC(=O)N(C3CCCC3)C2=O)c1OCC(=O)Nc1ccc(F)cc1. The molecule has 4 rings (SSSR count). The topological polar surface area (TPSA) is 114 Å². The highest BCUT2D eigenvalue weighted by atomic mass is 19.1. The summed E-state index contributed by atoms with van der Waals surface area (Å²) < 4.78 is 24.1. The van der Waals surface area contributed by atoms with Crippen LogP contribution in [0.15, 0.2) is 48.0 Å². The van der Waals surface area contributed by atoms with E-state index in [-0.39, 0.29) is 23.1 Å². The molecule has 35 heavy (non-hydrogen) atoms. The zero-order valence-electron chi connectivity index (χ0n) is 19.0. The van der Waals surface area contributed by atoms with Crippen molar-refractivity contribution in [3.63, 3.8) is 0 Å². The second kappa shape index (κ2) is 10.4. The number of benzene rings is 2. The van der Waals surface area contributed by atoms with E-state index in [1.54, 1.807) is 18.2 Å². The number of carbonyl (C=O) groups is 4. The zero-order valence-corrected chi connectivity index (χ0v) is 19.0. The molecule has 1 heterocycles. The molecule has 2 aromatic rings. The van der Waals surface area contributed by atoms with Gasteiger partial charge in [0.1, 0.15) is 11.4 Å². The molecule has 2 aliphatic rings. The molecule has 1 saturated carbocycles. The number of methoxy groups -OCH3 is 1. The summed E-state index contributed by atoms with van der Waals surface area (Å²) in [5.74, 6) is -2.00. The maximum absolute atomic E-state index is 13.1. The molecule has 1 saturated heterocycles. The van der Waals surface area contributed by atoms with Crippen molar-refractivity contribution in [2.45, 2.75) is 31.7 Å². The third-order valence-corrected chi connectivity index (χ3v) is 5.83. The quantitative estimate of drug-likeness (QED) is 0.464. The Bertz CT molecular complexity index is 1190. The highest BCUT2D eigenvalue weighted by molar-refractivity contribution is 6.31. The van der Waals surface area contributed by atoms with Gasteiger partial charge in [-0.15, -0.1) is 0 Å². The number of anilines is 1. The van der Waals surface area contributed by atoms with Crippen LogP contribution in [-0.2, 0) is 14.4 Å². The Morgan fingerprint density at radius 1 is 1.14 bits per heavy atom. The maximum Gasteiger partial charge on any atom is 0.331 e. The van der Waals surface area contributed by atoms with E-state index in [4.69, 9.17) is 9.47 Å². The Morgan fingerprint density at radius 2 is 1.86 bits per heavy atom. The minimum atomic E-state index is -0.808. The van der Waals surface area contributed by atoms with Crippen LogP contribution in [0.25, 0.3) is 6.08 Å². The van der Waals surface area contributed by atoms with Crippen molar-refractivity contribution in [2.75, 3.05) is 19.0 Å². The Balaban J connectivity index is 1.57. The van der Waals surface area contributed by atoms with Crippen molar-refractivity contribution >= 4 is 35.5 Å². The Hall–Kier alpha value is -4.21. The number of halogens is 1. The Labute approximate surface area is 200 Å². The number of nitrogens with zero attached hydrogens (tertiary/aromatic N) is 1. The molecule has 182 valence electrons. The predicted octanol–water partition coefficient (Wildman–Crippen LogP) is 3.26. The average Bonchev–Trinajstić information content (AvgIpc) is 3.36. The number of ether oxygens (including phenoxy) is 2. The van der Waals surface area contributed by atoms with Crippen LogP contribution in [0.5, 0.6) is 11.5 Å². The summed E-state index contributed by atoms with van der Waals surface area (Å²) in [4.78, 5) is 51.4. The summed E-state index contributed by atoms with van der Waals surface area (Å²) in [6.45, 7) is -0.416. The summed E-state index contributed by atoms with van der Waals surface area (Å²) in [6, 6.07) is 9.13. The van der Waals surface area contributed by atoms with Gasteiger partial charge in [0.25, 0.3) is 17.7 Å². The van der Waals surface area contributed by atoms with Crippen molar-refractivity contribution in [1.29, 1.82) is 0 Å². The monoisotopic (exact) mass is 481 g/mol. The molecule has 2 aromatic carbocycles. The van der Waals surface area contributed by atoms with Gasteiger partial charge in [0.15, 0.2) is 18.1 Å². The minimum Gasteiger partial charge on any atom is -0.493 e. The van der Waals surface area contributed by atoms with Gasteiger partial charge in [-0.25, -0.2) is 9.18 Å². The van der Waals surface area contributed by atoms with Crippen molar-refractivity contribution in [2.24, 2.45) is 0 Å². The number of amides is 5. The molecule has 0 unspecified atom stereocenters. The van der Waals surface area contributed by atoms with E-state index in [1.165, 1.54) is 37.5 Å². The largest absolute Gasteiger partial charge is 0.493 e. The Morgan fingerprint density at radius 3 is 2.54 bits per heavy atom. The van der Waals surface area contributed by atoms with E-state index in [2.05, 4.69) is 10.6 Å². The summed E-state index contributed by atoms with van der Waals surface area (Å²) in [5.41, 5.74) is 0.493. The second-order valence-electron chi connectivity index (χ2n) is 8.15. The first-order valence-electron chi connectivity index (χ1n) is 11.1. The number of barbiturate groups is 1. The molecule has 2 N–H and O–H groups in total. The van der Waals surface area contributed by atoms with Gasteiger partial charge in [-0.3, -0.25) is 24.6 Å². The molecular formula is C25H24FN3O6. The first kappa shape index (κ1) is 23.9. The fourth-order valence-corrected chi connectivity index (χ4v) is 4.15. The number of hydrogen-bond acceptors (Lipinski definition) is 6. The van der Waals surface area contributed by atoms with Gasteiger partial charge in [0.2, 0.25) is 0 Å². The van der Waals surface area contributed by atoms with Crippen molar-refractivity contribution in [3.05, 3.63) is 59.4 Å². The molecule has 9 nitrogen and oxygen atoms in total. The van der Waals surface area contributed by atoms with Crippen molar-refractivity contribution < 1.29 is 33.0 Å². The van der Waals surface area contributed by atoms with E-state index in [0.717, 1.165) is 17.7 Å². The number of para-hydroxylation sites is 1. The van der Waals surface area contributed by atoms with Crippen molar-refractivity contribution in [3.8, 4) is 11.5 Å². The van der Waals surface area contributed by atoms with E-state index < -0.39 is 36.2 Å². The van der Waals surface area contributed by atoms with Crippen LogP contribution in [0.2, 0.25) is 0 Å². The third kappa shape index (κ3) is 5.32. The van der Waals surface area contributed by atoms with Gasteiger partial charge in [0.05, 0.1) is 7.11 Å². The molecule has 0 aromatic heterocycles. The van der Waals surface area contributed by atoms with Gasteiger partial charge in [-0.1, -0.05) is 25.0 Å². The van der Waals surface area contributed by atoms with Crippen molar-refractivity contribution in [1.82, 2.24) is 10.2 Å². The predicted molar refractivity (Wildman–Crippen MR) is 124 cm³/mol. The minimum absolute atomic E-state index is 0.140. The number of hydrogen-bond donors (Lipinski definition) is 2. The molecule has 1 aliphatic carbocycles. The summed E-state index contributed by atoms with van der Waals surface area (Å²) >= 11 is 0. The molecule has 5 amide bonds. The fraction of sp³-hybridized carbons (Fsp3) is 0.280. The highest BCUT2D eigenvalue weighted by Gasteiger charge is 2.40. The fourth-order valence-electron chi connectivity index (χ4n) is 4.15. The lowest BCUT2D eigenvalue weighted by Gasteiger charge is -2.31. The lowest BCUT2D eigenvalue weighted by molar-refractivity contribution is -0.131. The summed E-state index contributed by atoms with van der Waals surface area (Å²) in [6.07, 6.45) is 4.52. The molecule has 1 aliphatic heterocycles. The standard InChI is InChI=1S/C25H24FN3O6/c1-34-20-8-4-5-15(22(20)35-14-21(30)27-17-11-9-16(26)10-12-17)13-19-23(31)28-25(33)29(24(19)32)18-6-2-3-7-18/h4-5,8-13,18H,2-3,6-7,14H2,1H3,(H,27,30)(H,28,31,33)/b19-13+. The third-order valence-electron chi connectivity index (χ3n) is 5.83. The second-order valence-corrected chi connectivity index (χ2v) is 8.15. The highest BCUT2D eigenvalue weighted by Crippen LogP contribution is 2.34. The van der Waals surface area contributed by atoms with Crippen LogP contribution in [0, 0.1) is 5.82 Å². The number of carbonyl (C=O) groups excluding carboxylic acids is 4. The maximum atomic E-state index is 13.1. The van der Waals surface area contributed by atoms with Crippen LogP contribution in [-0.4, -0.2) is 48.4 Å². The van der Waals surface area contributed by atoms with E-state index in [0.29, 0.717) is 24.1 Å². The van der Waals surface area contributed by atoms with Crippen LogP contribution in [0.1, 0.15) is 31.2 Å². The number of rotatable bonds is 7. The number of imide groups is 2. The first-order valence-corrected chi connectivity index (χ1v) is 11.1. The van der Waals surface area contributed by atoms with Crippen LogP contribution in [0.4, 0.5) is 14.9 Å². The molecule has 0 spiro atoms. The molecular weight excluding hydrogens is 457 g/mol. The van der Waals surface area contributed by atoms with E-state index >= 15 is 0 Å². The average molecular weight is 481 g/mol. The molecule has 10 heteroatoms. The smallest absolute Gasteiger partial charge is 0.331 e. The van der Waals surface area contributed by atoms with Gasteiger partial charge in [0, 0.05) is 17.3 Å². The molecule has 0 radical (unpaired) electrons. The first-order chi connectivity index (χ1) is 16.9. The number of urea groups is 1.